The summed E-state index contributed by atoms with van der Waals surface area (Å²) in [6, 6.07) is 12.0. The first-order valence-electron chi connectivity index (χ1n) is 12.7. The highest BCUT2D eigenvalue weighted by Crippen LogP contribution is 2.48. The quantitative estimate of drug-likeness (QED) is 0.390. The van der Waals surface area contributed by atoms with Crippen molar-refractivity contribution >= 4 is 0 Å². The molecule has 0 spiro atoms. The van der Waals surface area contributed by atoms with Crippen molar-refractivity contribution in [1.29, 1.82) is 0 Å². The van der Waals surface area contributed by atoms with E-state index in [9.17, 15) is 10.2 Å². The maximum atomic E-state index is 11.0. The molecule has 2 aromatic rings. The smallest absolute Gasteiger partial charge is 0.167 e. The van der Waals surface area contributed by atoms with Crippen molar-refractivity contribution in [3.63, 3.8) is 0 Å². The molecular weight excluding hydrogens is 444 g/mol. The van der Waals surface area contributed by atoms with Crippen LogP contribution in [0.4, 0.5) is 0 Å². The average Bonchev–Trinajstić information content (AvgIpc) is 2.86. The summed E-state index contributed by atoms with van der Waals surface area (Å²) in [5.74, 6) is 1.34. The van der Waals surface area contributed by atoms with Gasteiger partial charge in [-0.05, 0) is 43.7 Å². The van der Waals surface area contributed by atoms with Gasteiger partial charge in [-0.25, -0.2) is 0 Å². The summed E-state index contributed by atoms with van der Waals surface area (Å²) in [5.41, 5.74) is 2.51. The zero-order valence-corrected chi connectivity index (χ0v) is 22.0. The van der Waals surface area contributed by atoms with Crippen LogP contribution >= 0.6 is 0 Å². The van der Waals surface area contributed by atoms with E-state index in [2.05, 4.69) is 19.1 Å². The highest BCUT2D eigenvalue weighted by atomic mass is 16.5. The number of phenolic OH excluding ortho intramolecular Hbond substituents is 1. The van der Waals surface area contributed by atoms with Crippen LogP contribution < -0.4 is 9.47 Å². The number of rotatable bonds is 11. The van der Waals surface area contributed by atoms with E-state index < -0.39 is 12.2 Å². The number of hydrogen-bond donors (Lipinski definition) is 2. The van der Waals surface area contributed by atoms with E-state index in [0.717, 1.165) is 31.4 Å². The molecule has 2 N–H and O–H groups in total. The first kappa shape index (κ1) is 27.3. The molecule has 1 heterocycles. The molecular formula is C29H42O6. The molecule has 1 saturated heterocycles. The molecule has 0 saturated carbocycles. The third-order valence-electron chi connectivity index (χ3n) is 7.49. The van der Waals surface area contributed by atoms with Crippen molar-refractivity contribution in [3.05, 3.63) is 53.1 Å². The van der Waals surface area contributed by atoms with Gasteiger partial charge >= 0.3 is 0 Å². The molecule has 0 aromatic heterocycles. The van der Waals surface area contributed by atoms with Gasteiger partial charge in [0.1, 0.15) is 5.75 Å². The van der Waals surface area contributed by atoms with Crippen molar-refractivity contribution < 1.29 is 29.2 Å². The third kappa shape index (κ3) is 6.49. The van der Waals surface area contributed by atoms with E-state index in [-0.39, 0.29) is 23.7 Å². The molecule has 0 radical (unpaired) electrons. The van der Waals surface area contributed by atoms with Gasteiger partial charge in [-0.3, -0.25) is 0 Å². The minimum Gasteiger partial charge on any atom is -0.504 e. The van der Waals surface area contributed by atoms with E-state index in [0.29, 0.717) is 29.6 Å². The van der Waals surface area contributed by atoms with Crippen molar-refractivity contribution in [2.75, 3.05) is 20.8 Å². The number of aromatic hydroxyl groups is 1. The molecule has 1 fully saturated rings. The molecule has 6 nitrogen and oxygen atoms in total. The lowest BCUT2D eigenvalue weighted by Crippen LogP contribution is -2.45. The second-order valence-corrected chi connectivity index (χ2v) is 9.99. The maximum Gasteiger partial charge on any atom is 0.167 e. The number of hydrogen-bond acceptors (Lipinski definition) is 6. The summed E-state index contributed by atoms with van der Waals surface area (Å²) >= 11 is 0. The monoisotopic (exact) mass is 486 g/mol. The summed E-state index contributed by atoms with van der Waals surface area (Å²) in [4.78, 5) is 0. The minimum absolute atomic E-state index is 0.000775. The summed E-state index contributed by atoms with van der Waals surface area (Å²) in [6.45, 7) is 9.44. The topological polar surface area (TPSA) is 77.4 Å². The van der Waals surface area contributed by atoms with Gasteiger partial charge in [-0.1, -0.05) is 51.1 Å². The number of benzene rings is 2. The molecule has 1 aliphatic heterocycles. The van der Waals surface area contributed by atoms with Gasteiger partial charge in [-0.2, -0.15) is 0 Å². The lowest BCUT2D eigenvalue weighted by atomic mass is 9.78. The van der Waals surface area contributed by atoms with Gasteiger partial charge < -0.3 is 29.2 Å². The molecule has 194 valence electrons. The fraction of sp³-hybridized carbons (Fsp3) is 0.586. The van der Waals surface area contributed by atoms with Gasteiger partial charge in [0.05, 0.1) is 39.1 Å². The van der Waals surface area contributed by atoms with E-state index in [1.54, 1.807) is 13.2 Å². The highest BCUT2D eigenvalue weighted by molar-refractivity contribution is 5.58. The molecule has 2 aromatic carbocycles. The summed E-state index contributed by atoms with van der Waals surface area (Å²) in [7, 11) is 3.12. The number of methoxy groups -OCH3 is 2. The molecule has 0 amide bonds. The van der Waals surface area contributed by atoms with Gasteiger partial charge in [0, 0.05) is 29.6 Å². The third-order valence-corrected chi connectivity index (χ3v) is 7.49. The molecule has 1 aliphatic rings. The molecule has 0 unspecified atom stereocenters. The average molecular weight is 487 g/mol. The summed E-state index contributed by atoms with van der Waals surface area (Å²) in [5, 5.41) is 22.0. The standard InChI is InChI=1S/C29H42O6/c1-18(14-15-34-17-22-10-8-7-9-11-22)12-13-24-19(2)26(30)21(4)28(35-24)23-16-25(32-5)20(3)29(33-6)27(23)31/h7-11,16,18-19,21,24,26,28,30-31H,12-15,17H2,1-6H3/t18-,19-,21+,24+,26-,28+/m0/s1. The second-order valence-electron chi connectivity index (χ2n) is 9.99. The Balaban J connectivity index is 1.62. The maximum absolute atomic E-state index is 11.0. The Bertz CT molecular complexity index is 931. The first-order chi connectivity index (χ1) is 16.8. The normalized spacial score (nSPS) is 25.3. The van der Waals surface area contributed by atoms with Crippen molar-refractivity contribution in [2.24, 2.45) is 17.8 Å². The molecule has 35 heavy (non-hydrogen) atoms. The SMILES string of the molecule is COc1cc([C@@H]2O[C@H](CC[C@H](C)CCOCc3ccccc3)[C@H](C)[C@H](O)[C@H]2C)c(O)c(OC)c1C. The Morgan fingerprint density at radius 1 is 1.03 bits per heavy atom. The van der Waals surface area contributed by atoms with Gasteiger partial charge in [0.15, 0.2) is 11.5 Å². The van der Waals surface area contributed by atoms with Crippen LogP contribution in [0.25, 0.3) is 0 Å². The fourth-order valence-corrected chi connectivity index (χ4v) is 5.06. The number of aliphatic hydroxyl groups excluding tert-OH is 1. The van der Waals surface area contributed by atoms with Crippen LogP contribution in [0.2, 0.25) is 0 Å². The largest absolute Gasteiger partial charge is 0.504 e. The van der Waals surface area contributed by atoms with E-state index in [1.807, 2.05) is 39.0 Å². The zero-order chi connectivity index (χ0) is 25.5. The van der Waals surface area contributed by atoms with Crippen LogP contribution in [0.15, 0.2) is 36.4 Å². The van der Waals surface area contributed by atoms with Gasteiger partial charge in [0.2, 0.25) is 0 Å². The van der Waals surface area contributed by atoms with Crippen LogP contribution in [0.5, 0.6) is 17.2 Å². The number of ether oxygens (including phenoxy) is 4. The fourth-order valence-electron chi connectivity index (χ4n) is 5.06. The zero-order valence-electron chi connectivity index (χ0n) is 22.0. The number of aliphatic hydroxyl groups is 1. The van der Waals surface area contributed by atoms with Crippen LogP contribution in [0.3, 0.4) is 0 Å². The predicted molar refractivity (Wildman–Crippen MR) is 137 cm³/mol. The van der Waals surface area contributed by atoms with Crippen LogP contribution in [0, 0.1) is 24.7 Å². The number of phenols is 1. The summed E-state index contributed by atoms with van der Waals surface area (Å²) < 4.78 is 23.4. The van der Waals surface area contributed by atoms with Gasteiger partial charge in [-0.15, -0.1) is 0 Å². The Morgan fingerprint density at radius 3 is 2.40 bits per heavy atom. The summed E-state index contributed by atoms with van der Waals surface area (Å²) in [6.07, 6.45) is 1.67. The molecule has 6 heteroatoms. The van der Waals surface area contributed by atoms with Crippen molar-refractivity contribution in [1.82, 2.24) is 0 Å². The highest BCUT2D eigenvalue weighted by Gasteiger charge is 2.42. The molecule has 0 bridgehead atoms. The van der Waals surface area contributed by atoms with Crippen molar-refractivity contribution in [3.8, 4) is 17.2 Å². The Hall–Kier alpha value is -2.28. The first-order valence-corrected chi connectivity index (χ1v) is 12.7. The minimum atomic E-state index is -0.541. The van der Waals surface area contributed by atoms with E-state index in [4.69, 9.17) is 18.9 Å². The second kappa shape index (κ2) is 12.6. The molecule has 3 rings (SSSR count). The molecule has 0 aliphatic carbocycles. The molecule has 6 atom stereocenters. The van der Waals surface area contributed by atoms with E-state index >= 15 is 0 Å². The van der Waals surface area contributed by atoms with Crippen LogP contribution in [-0.4, -0.2) is 43.2 Å². The lowest BCUT2D eigenvalue weighted by Gasteiger charge is -2.43. The van der Waals surface area contributed by atoms with E-state index in [1.165, 1.54) is 12.7 Å². The lowest BCUT2D eigenvalue weighted by molar-refractivity contribution is -0.169. The Kier molecular flexibility index (Phi) is 9.84. The Morgan fingerprint density at radius 2 is 1.74 bits per heavy atom. The Labute approximate surface area is 210 Å². The van der Waals surface area contributed by atoms with Crippen molar-refractivity contribution in [2.45, 2.75) is 71.9 Å². The predicted octanol–water partition coefficient (Wildman–Crippen LogP) is 5.81. The van der Waals surface area contributed by atoms with Crippen LogP contribution in [-0.2, 0) is 16.1 Å². The van der Waals surface area contributed by atoms with Gasteiger partial charge in [0.25, 0.3) is 0 Å². The van der Waals surface area contributed by atoms with Crippen LogP contribution in [0.1, 0.15) is 62.8 Å².